The fraction of sp³-hybridized carbons (Fsp3) is 0.500. The molecule has 0 saturated carbocycles. The number of nitro groups is 1. The van der Waals surface area contributed by atoms with Gasteiger partial charge in [0, 0.05) is 25.6 Å². The molecule has 1 rings (SSSR count). The highest BCUT2D eigenvalue weighted by molar-refractivity contribution is 5.85. The molecule has 0 aliphatic heterocycles. The number of hydrogen-bond donors (Lipinski definition) is 2. The van der Waals surface area contributed by atoms with E-state index in [0.717, 1.165) is 6.54 Å². The van der Waals surface area contributed by atoms with Gasteiger partial charge in [0.1, 0.15) is 12.0 Å². The van der Waals surface area contributed by atoms with Crippen molar-refractivity contribution >= 4 is 29.7 Å². The lowest BCUT2D eigenvalue weighted by atomic mass is 10.3. The van der Waals surface area contributed by atoms with Gasteiger partial charge in [0.05, 0.1) is 17.3 Å². The first-order valence-corrected chi connectivity index (χ1v) is 6.27. The first-order valence-electron chi connectivity index (χ1n) is 6.27. The van der Waals surface area contributed by atoms with E-state index in [0.29, 0.717) is 31.2 Å². The predicted octanol–water partition coefficient (Wildman–Crippen LogP) is 1.13. The van der Waals surface area contributed by atoms with E-state index in [1.807, 2.05) is 19.0 Å². The van der Waals surface area contributed by atoms with Crippen molar-refractivity contribution in [3.05, 3.63) is 28.4 Å². The number of anilines is 1. The number of nitrogens with two attached hydrogens (primary N) is 1. The molecule has 0 bridgehead atoms. The van der Waals surface area contributed by atoms with Crippen molar-refractivity contribution in [2.75, 3.05) is 39.0 Å². The van der Waals surface area contributed by atoms with Gasteiger partial charge in [-0.25, -0.2) is 4.98 Å². The lowest BCUT2D eigenvalue weighted by molar-refractivity contribution is -0.385. The fourth-order valence-corrected chi connectivity index (χ4v) is 1.39. The molecule has 8 nitrogen and oxygen atoms in total. The molecule has 1 aromatic rings. The molecule has 0 fully saturated rings. The van der Waals surface area contributed by atoms with E-state index in [1.165, 1.54) is 12.3 Å². The molecule has 0 saturated heterocycles. The highest BCUT2D eigenvalue weighted by Gasteiger charge is 2.04. The van der Waals surface area contributed by atoms with Crippen molar-refractivity contribution in [1.82, 2.24) is 9.88 Å². The number of halogens is 1. The van der Waals surface area contributed by atoms with Crippen LogP contribution in [0.5, 0.6) is 0 Å². The summed E-state index contributed by atoms with van der Waals surface area (Å²) in [4.78, 5) is 20.2. The van der Waals surface area contributed by atoms with Gasteiger partial charge in [-0.15, -0.1) is 12.4 Å². The molecular weight excluding hydrogens is 296 g/mol. The SMILES string of the molecule is CN(C)CCN=C(N)CCNc1ccc([N+](=O)[O-])cn1.Cl. The Morgan fingerprint density at radius 2 is 2.24 bits per heavy atom. The van der Waals surface area contributed by atoms with Crippen molar-refractivity contribution in [3.8, 4) is 0 Å². The lowest BCUT2D eigenvalue weighted by Crippen LogP contribution is -2.21. The number of nitrogens with one attached hydrogen (secondary N) is 1. The minimum absolute atomic E-state index is 0. The van der Waals surface area contributed by atoms with E-state index in [4.69, 9.17) is 5.73 Å². The van der Waals surface area contributed by atoms with Crippen molar-refractivity contribution in [3.63, 3.8) is 0 Å². The molecule has 0 aromatic carbocycles. The summed E-state index contributed by atoms with van der Waals surface area (Å²) < 4.78 is 0. The monoisotopic (exact) mass is 316 g/mol. The van der Waals surface area contributed by atoms with Crippen LogP contribution < -0.4 is 11.1 Å². The molecule has 0 aliphatic carbocycles. The average molecular weight is 317 g/mol. The second-order valence-corrected chi connectivity index (χ2v) is 4.51. The maximum Gasteiger partial charge on any atom is 0.287 e. The van der Waals surface area contributed by atoms with Crippen LogP contribution in [0.3, 0.4) is 0 Å². The smallest absolute Gasteiger partial charge is 0.287 e. The topological polar surface area (TPSA) is 110 Å². The van der Waals surface area contributed by atoms with E-state index in [1.54, 1.807) is 6.07 Å². The number of aromatic nitrogens is 1. The second kappa shape index (κ2) is 9.89. The molecule has 0 spiro atoms. The molecule has 0 aliphatic rings. The molecule has 118 valence electrons. The number of hydrogen-bond acceptors (Lipinski definition) is 6. The Balaban J connectivity index is 0.00000400. The van der Waals surface area contributed by atoms with Crippen LogP contribution in [-0.2, 0) is 0 Å². The summed E-state index contributed by atoms with van der Waals surface area (Å²) in [6.45, 7) is 2.12. The maximum atomic E-state index is 10.5. The summed E-state index contributed by atoms with van der Waals surface area (Å²) in [6.07, 6.45) is 1.82. The fourth-order valence-electron chi connectivity index (χ4n) is 1.39. The van der Waals surface area contributed by atoms with Crippen LogP contribution >= 0.6 is 12.4 Å². The van der Waals surface area contributed by atoms with Gasteiger partial charge < -0.3 is 16.0 Å². The third-order valence-corrected chi connectivity index (χ3v) is 2.51. The molecule has 3 N–H and O–H groups in total. The van der Waals surface area contributed by atoms with E-state index in [-0.39, 0.29) is 18.1 Å². The zero-order valence-electron chi connectivity index (χ0n) is 12.2. The van der Waals surface area contributed by atoms with E-state index in [9.17, 15) is 10.1 Å². The number of rotatable bonds is 8. The minimum atomic E-state index is -0.480. The Labute approximate surface area is 130 Å². The van der Waals surface area contributed by atoms with Crippen LogP contribution in [-0.4, -0.2) is 54.4 Å². The van der Waals surface area contributed by atoms with Crippen LogP contribution in [0.4, 0.5) is 11.5 Å². The standard InChI is InChI=1S/C12H20N6O2.ClH/c1-17(2)8-7-14-11(13)5-6-15-12-4-3-10(9-16-12)18(19)20;/h3-4,9H,5-8H2,1-2H3,(H2,13,14)(H,15,16);1H. The van der Waals surface area contributed by atoms with E-state index < -0.39 is 4.92 Å². The maximum absolute atomic E-state index is 10.5. The second-order valence-electron chi connectivity index (χ2n) is 4.51. The number of aliphatic imine (C=N–C) groups is 1. The van der Waals surface area contributed by atoms with Gasteiger partial charge in [-0.2, -0.15) is 0 Å². The van der Waals surface area contributed by atoms with Gasteiger partial charge in [0.2, 0.25) is 0 Å². The Hall–Kier alpha value is -1.93. The molecule has 0 amide bonds. The quantitative estimate of drug-likeness (QED) is 0.322. The predicted molar refractivity (Wildman–Crippen MR) is 86.3 cm³/mol. The Kier molecular flexibility index (Phi) is 8.98. The van der Waals surface area contributed by atoms with E-state index in [2.05, 4.69) is 15.3 Å². The van der Waals surface area contributed by atoms with Crippen LogP contribution in [0.15, 0.2) is 23.3 Å². The first kappa shape index (κ1) is 19.1. The van der Waals surface area contributed by atoms with Gasteiger partial charge in [0.15, 0.2) is 0 Å². The van der Waals surface area contributed by atoms with Gasteiger partial charge in [-0.05, 0) is 20.2 Å². The summed E-state index contributed by atoms with van der Waals surface area (Å²) in [5.74, 6) is 1.16. The highest BCUT2D eigenvalue weighted by atomic mass is 35.5. The largest absolute Gasteiger partial charge is 0.387 e. The Bertz CT molecular complexity index is 463. The van der Waals surface area contributed by atoms with Gasteiger partial charge in [-0.3, -0.25) is 15.1 Å². The normalized spacial score (nSPS) is 11.1. The van der Waals surface area contributed by atoms with Crippen LogP contribution in [0.2, 0.25) is 0 Å². The zero-order valence-corrected chi connectivity index (χ0v) is 13.0. The molecule has 0 atom stereocenters. The van der Waals surface area contributed by atoms with Crippen LogP contribution in [0.1, 0.15) is 6.42 Å². The molecule has 0 radical (unpaired) electrons. The van der Waals surface area contributed by atoms with Gasteiger partial charge in [-0.1, -0.05) is 0 Å². The number of nitrogens with zero attached hydrogens (tertiary/aromatic N) is 4. The highest BCUT2D eigenvalue weighted by Crippen LogP contribution is 2.11. The van der Waals surface area contributed by atoms with Gasteiger partial charge >= 0.3 is 0 Å². The molecular formula is C12H21ClN6O2. The van der Waals surface area contributed by atoms with Crippen molar-refractivity contribution in [1.29, 1.82) is 0 Å². The number of pyridine rings is 1. The van der Waals surface area contributed by atoms with Crippen molar-refractivity contribution in [2.45, 2.75) is 6.42 Å². The van der Waals surface area contributed by atoms with Crippen molar-refractivity contribution in [2.24, 2.45) is 10.7 Å². The molecule has 9 heteroatoms. The Morgan fingerprint density at radius 1 is 1.52 bits per heavy atom. The summed E-state index contributed by atoms with van der Waals surface area (Å²) in [6, 6.07) is 2.97. The minimum Gasteiger partial charge on any atom is -0.387 e. The first-order chi connectivity index (χ1) is 9.49. The molecule has 0 unspecified atom stereocenters. The average Bonchev–Trinajstić information content (AvgIpc) is 2.39. The molecule has 1 heterocycles. The van der Waals surface area contributed by atoms with Gasteiger partial charge in [0.25, 0.3) is 5.69 Å². The summed E-state index contributed by atoms with van der Waals surface area (Å²) >= 11 is 0. The summed E-state index contributed by atoms with van der Waals surface area (Å²) in [5.41, 5.74) is 5.74. The third kappa shape index (κ3) is 8.05. The Morgan fingerprint density at radius 3 is 2.76 bits per heavy atom. The van der Waals surface area contributed by atoms with Crippen LogP contribution in [0, 0.1) is 10.1 Å². The lowest BCUT2D eigenvalue weighted by Gasteiger charge is -2.07. The summed E-state index contributed by atoms with van der Waals surface area (Å²) in [5, 5.41) is 13.5. The van der Waals surface area contributed by atoms with Crippen molar-refractivity contribution < 1.29 is 4.92 Å². The molecule has 1 aromatic heterocycles. The molecule has 21 heavy (non-hydrogen) atoms. The van der Waals surface area contributed by atoms with E-state index >= 15 is 0 Å². The number of likely N-dealkylation sites (N-methyl/N-ethyl adjacent to an activating group) is 1. The summed E-state index contributed by atoms with van der Waals surface area (Å²) in [7, 11) is 3.96. The van der Waals surface area contributed by atoms with Crippen LogP contribution in [0.25, 0.3) is 0 Å². The zero-order chi connectivity index (χ0) is 15.0. The number of amidine groups is 1. The third-order valence-electron chi connectivity index (χ3n) is 2.51.